The predicted octanol–water partition coefficient (Wildman–Crippen LogP) is 0.109. The Labute approximate surface area is 51.9 Å². The highest BCUT2D eigenvalue weighted by atomic mass is 16.7. The largest absolute Gasteiger partial charge is 0.517 e. The van der Waals surface area contributed by atoms with Gasteiger partial charge in [0.1, 0.15) is 0 Å². The Kier molecular flexibility index (Phi) is 3.19. The van der Waals surface area contributed by atoms with Gasteiger partial charge in [0.25, 0.3) is 0 Å². The van der Waals surface area contributed by atoms with Crippen molar-refractivity contribution in [3.8, 4) is 0 Å². The number of ether oxygens (including phenoxy) is 2. The van der Waals surface area contributed by atoms with E-state index in [2.05, 4.69) is 14.8 Å². The fraction of sp³-hybridized carbons (Fsp3) is 0.500. The molecule has 0 aromatic rings. The van der Waals surface area contributed by atoms with E-state index in [1.165, 1.54) is 7.05 Å². The van der Waals surface area contributed by atoms with Crippen molar-refractivity contribution < 1.29 is 19.1 Å². The number of rotatable bonds is 0. The zero-order valence-corrected chi connectivity index (χ0v) is 5.13. The summed E-state index contributed by atoms with van der Waals surface area (Å²) in [5.74, 6) is 0. The lowest BCUT2D eigenvalue weighted by Crippen LogP contribution is -2.22. The van der Waals surface area contributed by atoms with Gasteiger partial charge in [-0.3, -0.25) is 0 Å². The van der Waals surface area contributed by atoms with Crippen LogP contribution in [0.15, 0.2) is 0 Å². The second kappa shape index (κ2) is 3.71. The van der Waals surface area contributed by atoms with Crippen molar-refractivity contribution in [1.82, 2.24) is 5.32 Å². The molecule has 52 valence electrons. The number of hydrogen-bond acceptors (Lipinski definition) is 4. The van der Waals surface area contributed by atoms with Gasteiger partial charge in [-0.25, -0.2) is 9.59 Å². The van der Waals surface area contributed by atoms with Gasteiger partial charge in [-0.2, -0.15) is 0 Å². The van der Waals surface area contributed by atoms with Crippen molar-refractivity contribution in [2.75, 3.05) is 14.2 Å². The summed E-state index contributed by atoms with van der Waals surface area (Å²) in [5.41, 5.74) is 0. The van der Waals surface area contributed by atoms with Crippen molar-refractivity contribution in [2.45, 2.75) is 0 Å². The third-order valence-electron chi connectivity index (χ3n) is 0.547. The molecule has 0 atom stereocenters. The maximum absolute atomic E-state index is 10.1. The topological polar surface area (TPSA) is 64.6 Å². The number of methoxy groups -OCH3 is 1. The van der Waals surface area contributed by atoms with Crippen LogP contribution < -0.4 is 5.32 Å². The van der Waals surface area contributed by atoms with Crippen LogP contribution in [-0.4, -0.2) is 26.4 Å². The van der Waals surface area contributed by atoms with E-state index in [1.807, 2.05) is 0 Å². The summed E-state index contributed by atoms with van der Waals surface area (Å²) < 4.78 is 7.94. The van der Waals surface area contributed by atoms with Crippen LogP contribution in [0.2, 0.25) is 0 Å². The molecule has 9 heavy (non-hydrogen) atoms. The van der Waals surface area contributed by atoms with Crippen LogP contribution in [0.3, 0.4) is 0 Å². The molecule has 0 radical (unpaired) electrons. The quantitative estimate of drug-likeness (QED) is 0.376. The molecule has 1 amide bonds. The summed E-state index contributed by atoms with van der Waals surface area (Å²) in [6.45, 7) is 0. The van der Waals surface area contributed by atoms with Crippen LogP contribution in [0.1, 0.15) is 0 Å². The zero-order valence-electron chi connectivity index (χ0n) is 5.13. The highest BCUT2D eigenvalue weighted by Gasteiger charge is 2.05. The minimum atomic E-state index is -1.02. The highest BCUT2D eigenvalue weighted by Crippen LogP contribution is 1.80. The number of nitrogens with one attached hydrogen (secondary N) is 1. The van der Waals surface area contributed by atoms with Gasteiger partial charge in [-0.1, -0.05) is 0 Å². The first-order chi connectivity index (χ1) is 4.20. The van der Waals surface area contributed by atoms with Crippen molar-refractivity contribution in [3.05, 3.63) is 0 Å². The minimum Gasteiger partial charge on any atom is -0.437 e. The van der Waals surface area contributed by atoms with E-state index < -0.39 is 12.2 Å². The second-order valence-electron chi connectivity index (χ2n) is 1.09. The smallest absolute Gasteiger partial charge is 0.437 e. The first-order valence-electron chi connectivity index (χ1n) is 2.18. The molecule has 0 heterocycles. The number of amides is 1. The fourth-order valence-electron chi connectivity index (χ4n) is 0.168. The third-order valence-corrected chi connectivity index (χ3v) is 0.547. The lowest BCUT2D eigenvalue weighted by Gasteiger charge is -1.97. The van der Waals surface area contributed by atoms with Crippen LogP contribution in [0.4, 0.5) is 9.59 Å². The summed E-state index contributed by atoms with van der Waals surface area (Å²) in [6, 6.07) is 0. The van der Waals surface area contributed by atoms with Crippen LogP contribution in [0, 0.1) is 0 Å². The normalized spacial score (nSPS) is 7.78. The van der Waals surface area contributed by atoms with Gasteiger partial charge in [0, 0.05) is 7.05 Å². The monoisotopic (exact) mass is 133 g/mol. The molecule has 1 N–H and O–H groups in total. The van der Waals surface area contributed by atoms with E-state index in [4.69, 9.17) is 0 Å². The van der Waals surface area contributed by atoms with E-state index in [0.717, 1.165) is 7.11 Å². The average Bonchev–Trinajstić information content (AvgIpc) is 1.87. The predicted molar refractivity (Wildman–Crippen MR) is 27.9 cm³/mol. The molecule has 5 heteroatoms. The van der Waals surface area contributed by atoms with Crippen molar-refractivity contribution in [3.63, 3.8) is 0 Å². The van der Waals surface area contributed by atoms with Gasteiger partial charge in [-0.15, -0.1) is 0 Å². The van der Waals surface area contributed by atoms with Gasteiger partial charge in [0.2, 0.25) is 0 Å². The van der Waals surface area contributed by atoms with Crippen molar-refractivity contribution in [1.29, 1.82) is 0 Å². The Morgan fingerprint density at radius 2 is 2.00 bits per heavy atom. The molecular formula is C4H7NO4. The fourth-order valence-corrected chi connectivity index (χ4v) is 0.168. The maximum Gasteiger partial charge on any atom is 0.517 e. The molecule has 0 saturated heterocycles. The van der Waals surface area contributed by atoms with E-state index >= 15 is 0 Å². The van der Waals surface area contributed by atoms with Crippen LogP contribution in [0.5, 0.6) is 0 Å². The minimum absolute atomic E-state index is 0.832. The van der Waals surface area contributed by atoms with Gasteiger partial charge in [0.05, 0.1) is 7.11 Å². The zero-order chi connectivity index (χ0) is 7.28. The van der Waals surface area contributed by atoms with E-state index in [1.54, 1.807) is 0 Å². The Morgan fingerprint density at radius 1 is 1.44 bits per heavy atom. The summed E-state index contributed by atoms with van der Waals surface area (Å²) in [4.78, 5) is 20.2. The standard InChI is InChI=1S/C4H7NO4/c1-5-3(6)9-4(7)8-2/h1-2H3,(H,5,6). The number of alkyl carbamates (subject to hydrolysis) is 1. The number of hydrogen-bond donors (Lipinski definition) is 1. The van der Waals surface area contributed by atoms with Gasteiger partial charge < -0.3 is 14.8 Å². The Morgan fingerprint density at radius 3 is 2.33 bits per heavy atom. The first kappa shape index (κ1) is 7.74. The molecule has 0 aliphatic heterocycles. The molecule has 0 fully saturated rings. The first-order valence-corrected chi connectivity index (χ1v) is 2.18. The lowest BCUT2D eigenvalue weighted by atomic mass is 11.1. The van der Waals surface area contributed by atoms with E-state index in [-0.39, 0.29) is 0 Å². The number of carbonyl (C=O) groups is 2. The number of carbonyl (C=O) groups excluding carboxylic acids is 2. The third kappa shape index (κ3) is 3.33. The van der Waals surface area contributed by atoms with Crippen molar-refractivity contribution >= 4 is 12.2 Å². The molecule has 0 aliphatic carbocycles. The Bertz CT molecular complexity index is 108. The van der Waals surface area contributed by atoms with Crippen LogP contribution >= 0.6 is 0 Å². The summed E-state index contributed by atoms with van der Waals surface area (Å²) >= 11 is 0. The maximum atomic E-state index is 10.1. The molecular weight excluding hydrogens is 126 g/mol. The molecule has 0 rings (SSSR count). The molecule has 0 unspecified atom stereocenters. The highest BCUT2D eigenvalue weighted by molar-refractivity contribution is 5.80. The summed E-state index contributed by atoms with van der Waals surface area (Å²) in [6.07, 6.45) is -1.85. The SMILES string of the molecule is CNC(=O)OC(=O)OC. The molecule has 0 aromatic carbocycles. The van der Waals surface area contributed by atoms with Gasteiger partial charge >= 0.3 is 12.2 Å². The Balaban J connectivity index is 3.47. The lowest BCUT2D eigenvalue weighted by molar-refractivity contribution is 0.0929. The van der Waals surface area contributed by atoms with Crippen LogP contribution in [0.25, 0.3) is 0 Å². The molecule has 0 saturated carbocycles. The summed E-state index contributed by atoms with van der Waals surface area (Å²) in [7, 11) is 2.45. The second-order valence-corrected chi connectivity index (χ2v) is 1.09. The van der Waals surface area contributed by atoms with Crippen molar-refractivity contribution in [2.24, 2.45) is 0 Å². The molecule has 0 aliphatic rings. The van der Waals surface area contributed by atoms with Gasteiger partial charge in [-0.05, 0) is 0 Å². The molecule has 5 nitrogen and oxygen atoms in total. The van der Waals surface area contributed by atoms with Crippen LogP contribution in [-0.2, 0) is 9.47 Å². The average molecular weight is 133 g/mol. The van der Waals surface area contributed by atoms with E-state index in [0.29, 0.717) is 0 Å². The molecule has 0 aromatic heterocycles. The Hall–Kier alpha value is -1.26. The molecule has 0 spiro atoms. The molecule has 0 bridgehead atoms. The van der Waals surface area contributed by atoms with E-state index in [9.17, 15) is 9.59 Å². The summed E-state index contributed by atoms with van der Waals surface area (Å²) in [5, 5.41) is 2.07. The van der Waals surface area contributed by atoms with Gasteiger partial charge in [0.15, 0.2) is 0 Å².